The van der Waals surface area contributed by atoms with Crippen molar-refractivity contribution < 1.29 is 9.59 Å². The lowest BCUT2D eigenvalue weighted by molar-refractivity contribution is -0.129. The number of hydrogen-bond donors (Lipinski definition) is 2. The molecule has 0 aromatic heterocycles. The normalized spacial score (nSPS) is 16.3. The molecule has 0 bridgehead atoms. The first-order valence-corrected chi connectivity index (χ1v) is 7.81. The first-order valence-electron chi connectivity index (χ1n) is 7.81. The van der Waals surface area contributed by atoms with Crippen molar-refractivity contribution in [3.8, 4) is 6.19 Å². The molecule has 2 rings (SSSR count). The summed E-state index contributed by atoms with van der Waals surface area (Å²) in [5, 5.41) is 12.3. The molecule has 1 fully saturated rings. The monoisotopic (exact) mass is 314 g/mol. The number of primary amides is 1. The maximum Gasteiger partial charge on any atom is 0.249 e. The van der Waals surface area contributed by atoms with Crippen LogP contribution in [-0.2, 0) is 4.79 Å². The Morgan fingerprint density at radius 1 is 1.39 bits per heavy atom. The third-order valence-electron chi connectivity index (χ3n) is 4.41. The summed E-state index contributed by atoms with van der Waals surface area (Å²) in [5.74, 6) is -0.979. The summed E-state index contributed by atoms with van der Waals surface area (Å²) in [6.07, 6.45) is 4.45. The highest BCUT2D eigenvalue weighted by Gasteiger charge is 2.30. The second-order valence-corrected chi connectivity index (χ2v) is 5.93. The molecule has 1 aromatic carbocycles. The molecule has 6 heteroatoms. The van der Waals surface area contributed by atoms with Crippen molar-refractivity contribution >= 4 is 11.8 Å². The highest BCUT2D eigenvalue weighted by Crippen LogP contribution is 2.31. The van der Waals surface area contributed by atoms with E-state index in [9.17, 15) is 9.59 Å². The Balaban J connectivity index is 2.35. The fourth-order valence-electron chi connectivity index (χ4n) is 3.12. The molecule has 0 unspecified atom stereocenters. The number of nitriles is 1. The zero-order chi connectivity index (χ0) is 16.8. The molecule has 0 saturated carbocycles. The molecule has 1 heterocycles. The van der Waals surface area contributed by atoms with Crippen molar-refractivity contribution in [2.45, 2.75) is 25.2 Å². The van der Waals surface area contributed by atoms with Gasteiger partial charge >= 0.3 is 0 Å². The van der Waals surface area contributed by atoms with Crippen molar-refractivity contribution in [2.24, 2.45) is 11.7 Å². The standard InChI is InChI=1S/C17H22N4O2/c1-21(11-18)17(23)15(10-12-6-8-20-9-7-12)13-4-2-3-5-14(13)16(19)22/h2-5,12,15,20H,6-10H2,1H3,(H2,19,22)/t15-/m0/s1. The van der Waals surface area contributed by atoms with E-state index >= 15 is 0 Å². The topological polar surface area (TPSA) is 99.2 Å². The molecule has 23 heavy (non-hydrogen) atoms. The summed E-state index contributed by atoms with van der Waals surface area (Å²) < 4.78 is 0. The van der Waals surface area contributed by atoms with Crippen molar-refractivity contribution in [1.29, 1.82) is 5.26 Å². The summed E-state index contributed by atoms with van der Waals surface area (Å²) >= 11 is 0. The van der Waals surface area contributed by atoms with E-state index in [0.29, 0.717) is 23.5 Å². The van der Waals surface area contributed by atoms with Crippen LogP contribution in [0.2, 0.25) is 0 Å². The average Bonchev–Trinajstić information content (AvgIpc) is 2.59. The predicted octanol–water partition coefficient (Wildman–Crippen LogP) is 1.20. The van der Waals surface area contributed by atoms with Gasteiger partial charge in [0.1, 0.15) is 0 Å². The number of carbonyl (C=O) groups is 2. The number of amides is 2. The Morgan fingerprint density at radius 2 is 2.04 bits per heavy atom. The van der Waals surface area contributed by atoms with Gasteiger partial charge < -0.3 is 11.1 Å². The van der Waals surface area contributed by atoms with Crippen LogP contribution in [0, 0.1) is 17.4 Å². The van der Waals surface area contributed by atoms with Gasteiger partial charge in [-0.05, 0) is 49.9 Å². The molecule has 3 N–H and O–H groups in total. The van der Waals surface area contributed by atoms with Gasteiger partial charge in [-0.1, -0.05) is 18.2 Å². The molecule has 6 nitrogen and oxygen atoms in total. The van der Waals surface area contributed by atoms with Gasteiger partial charge in [-0.15, -0.1) is 0 Å². The average molecular weight is 314 g/mol. The molecule has 1 aromatic rings. The van der Waals surface area contributed by atoms with Crippen LogP contribution >= 0.6 is 0 Å². The molecule has 122 valence electrons. The van der Waals surface area contributed by atoms with E-state index in [4.69, 9.17) is 11.0 Å². The summed E-state index contributed by atoms with van der Waals surface area (Å²) in [6.45, 7) is 1.86. The molecule has 1 saturated heterocycles. The molecule has 0 spiro atoms. The molecule has 2 amide bonds. The smallest absolute Gasteiger partial charge is 0.249 e. The third-order valence-corrected chi connectivity index (χ3v) is 4.41. The number of nitrogens with one attached hydrogen (secondary N) is 1. The van der Waals surface area contributed by atoms with Gasteiger partial charge in [-0.2, -0.15) is 5.26 Å². The first-order chi connectivity index (χ1) is 11.0. The Labute approximate surface area is 136 Å². The Bertz CT molecular complexity index is 617. The Kier molecular flexibility index (Phi) is 5.72. The largest absolute Gasteiger partial charge is 0.366 e. The number of rotatable bonds is 5. The van der Waals surface area contributed by atoms with Crippen molar-refractivity contribution in [2.75, 3.05) is 20.1 Å². The second kappa shape index (κ2) is 7.75. The molecule has 0 radical (unpaired) electrons. The summed E-state index contributed by atoms with van der Waals surface area (Å²) in [7, 11) is 1.45. The number of nitrogens with zero attached hydrogens (tertiary/aromatic N) is 2. The van der Waals surface area contributed by atoms with Crippen LogP contribution in [0.25, 0.3) is 0 Å². The minimum absolute atomic E-state index is 0.292. The number of likely N-dealkylation sites (N-methyl/N-ethyl adjacent to an activating group) is 1. The molecular formula is C17H22N4O2. The third kappa shape index (κ3) is 4.08. The number of benzene rings is 1. The van der Waals surface area contributed by atoms with Crippen LogP contribution in [0.4, 0.5) is 0 Å². The predicted molar refractivity (Wildman–Crippen MR) is 86.3 cm³/mol. The van der Waals surface area contributed by atoms with E-state index in [1.807, 2.05) is 6.19 Å². The van der Waals surface area contributed by atoms with Crippen molar-refractivity contribution in [3.63, 3.8) is 0 Å². The van der Waals surface area contributed by atoms with Crippen LogP contribution in [0.15, 0.2) is 24.3 Å². The fraction of sp³-hybridized carbons (Fsp3) is 0.471. The summed E-state index contributed by atoms with van der Waals surface area (Å²) in [5.41, 5.74) is 6.42. The number of hydrogen-bond acceptors (Lipinski definition) is 4. The molecule has 0 aliphatic carbocycles. The second-order valence-electron chi connectivity index (χ2n) is 5.93. The van der Waals surface area contributed by atoms with Gasteiger partial charge in [-0.3, -0.25) is 14.5 Å². The highest BCUT2D eigenvalue weighted by molar-refractivity contribution is 5.97. The van der Waals surface area contributed by atoms with Gasteiger partial charge in [0.05, 0.1) is 5.92 Å². The van der Waals surface area contributed by atoms with Gasteiger partial charge in [-0.25, -0.2) is 0 Å². The molecule has 1 aliphatic rings. The zero-order valence-corrected chi connectivity index (χ0v) is 13.3. The van der Waals surface area contributed by atoms with Crippen LogP contribution in [0.1, 0.15) is 41.1 Å². The number of nitrogens with two attached hydrogens (primary N) is 1. The molecular weight excluding hydrogens is 292 g/mol. The lowest BCUT2D eigenvalue weighted by atomic mass is 9.82. The number of carbonyl (C=O) groups excluding carboxylic acids is 2. The molecule has 1 atom stereocenters. The Morgan fingerprint density at radius 3 is 2.65 bits per heavy atom. The van der Waals surface area contributed by atoms with E-state index in [0.717, 1.165) is 30.8 Å². The minimum atomic E-state index is -0.552. The first kappa shape index (κ1) is 17.0. The van der Waals surface area contributed by atoms with Crippen LogP contribution in [0.5, 0.6) is 0 Å². The summed E-state index contributed by atoms with van der Waals surface area (Å²) in [4.78, 5) is 25.4. The van der Waals surface area contributed by atoms with E-state index in [2.05, 4.69) is 5.32 Å². The van der Waals surface area contributed by atoms with Gasteiger partial charge in [0, 0.05) is 12.6 Å². The minimum Gasteiger partial charge on any atom is -0.366 e. The highest BCUT2D eigenvalue weighted by atomic mass is 16.2. The SMILES string of the molecule is CN(C#N)C(=O)[C@@H](CC1CCNCC1)c1ccccc1C(N)=O. The molecule has 1 aliphatic heterocycles. The maximum absolute atomic E-state index is 12.7. The number of piperidine rings is 1. The van der Waals surface area contributed by atoms with Crippen LogP contribution in [-0.4, -0.2) is 36.9 Å². The summed E-state index contributed by atoms with van der Waals surface area (Å²) in [6, 6.07) is 6.90. The van der Waals surface area contributed by atoms with Gasteiger partial charge in [0.15, 0.2) is 6.19 Å². The van der Waals surface area contributed by atoms with E-state index < -0.39 is 11.8 Å². The van der Waals surface area contributed by atoms with Crippen molar-refractivity contribution in [3.05, 3.63) is 35.4 Å². The van der Waals surface area contributed by atoms with Crippen molar-refractivity contribution in [1.82, 2.24) is 10.2 Å². The lowest BCUT2D eigenvalue weighted by Crippen LogP contribution is -2.33. The lowest BCUT2D eigenvalue weighted by Gasteiger charge is -2.28. The zero-order valence-electron chi connectivity index (χ0n) is 13.3. The quantitative estimate of drug-likeness (QED) is 0.630. The maximum atomic E-state index is 12.7. The van der Waals surface area contributed by atoms with Gasteiger partial charge in [0.2, 0.25) is 11.8 Å². The fourth-order valence-corrected chi connectivity index (χ4v) is 3.12. The Hall–Kier alpha value is -2.39. The van der Waals surface area contributed by atoms with Crippen LogP contribution < -0.4 is 11.1 Å². The van der Waals surface area contributed by atoms with E-state index in [-0.39, 0.29) is 5.91 Å². The van der Waals surface area contributed by atoms with Gasteiger partial charge in [0.25, 0.3) is 0 Å². The van der Waals surface area contributed by atoms with Crippen LogP contribution in [0.3, 0.4) is 0 Å². The van der Waals surface area contributed by atoms with E-state index in [1.54, 1.807) is 24.3 Å². The van der Waals surface area contributed by atoms with E-state index in [1.165, 1.54) is 7.05 Å².